The number of rotatable bonds is 3. The third kappa shape index (κ3) is 2.61. The van der Waals surface area contributed by atoms with Crippen molar-refractivity contribution in [3.63, 3.8) is 0 Å². The van der Waals surface area contributed by atoms with Gasteiger partial charge in [-0.25, -0.2) is 4.39 Å². The molecule has 1 aromatic carbocycles. The minimum Gasteiger partial charge on any atom is -0.349 e. The summed E-state index contributed by atoms with van der Waals surface area (Å²) in [7, 11) is 0. The van der Waals surface area contributed by atoms with Crippen LogP contribution in [0.1, 0.15) is 51.2 Å². The lowest BCUT2D eigenvalue weighted by Gasteiger charge is -2.28. The number of amides is 1. The number of carbonyl (C=O) groups is 1. The second-order valence-corrected chi connectivity index (χ2v) is 8.99. The highest BCUT2D eigenvalue weighted by Gasteiger charge is 2.49. The Morgan fingerprint density at radius 3 is 3.00 bits per heavy atom. The molecule has 1 heterocycles. The lowest BCUT2D eigenvalue weighted by molar-refractivity contribution is -0.119. The Hall–Kier alpha value is -1.68. The van der Waals surface area contributed by atoms with E-state index in [1.54, 1.807) is 19.1 Å². The van der Waals surface area contributed by atoms with Gasteiger partial charge in [-0.1, -0.05) is 18.2 Å². The largest absolute Gasteiger partial charge is 0.349 e. The van der Waals surface area contributed by atoms with Crippen LogP contribution in [0.4, 0.5) is 4.39 Å². The number of halogens is 1. The van der Waals surface area contributed by atoms with Gasteiger partial charge in [0, 0.05) is 26.9 Å². The monoisotopic (exact) mass is 356 g/mol. The third-order valence-electron chi connectivity index (χ3n) is 7.27. The first-order valence-corrected chi connectivity index (χ1v) is 10.0. The molecule has 4 aliphatic rings. The van der Waals surface area contributed by atoms with E-state index in [1.165, 1.54) is 24.9 Å². The van der Waals surface area contributed by atoms with Crippen molar-refractivity contribution in [2.24, 2.45) is 17.8 Å². The molecule has 140 valence electrons. The summed E-state index contributed by atoms with van der Waals surface area (Å²) in [5.41, 5.74) is 2.32. The molecule has 2 bridgehead atoms. The van der Waals surface area contributed by atoms with E-state index in [1.807, 2.05) is 6.07 Å². The van der Waals surface area contributed by atoms with E-state index in [9.17, 15) is 9.18 Å². The fourth-order valence-electron chi connectivity index (χ4n) is 6.23. The predicted molar refractivity (Wildman–Crippen MR) is 101 cm³/mol. The number of nitrogens with zero attached hydrogens (tertiary/aromatic N) is 1. The van der Waals surface area contributed by atoms with Crippen LogP contribution in [0, 0.1) is 23.6 Å². The maximum Gasteiger partial charge on any atom is 0.217 e. The Balaban J connectivity index is 0.00000180. The van der Waals surface area contributed by atoms with Crippen molar-refractivity contribution in [3.8, 4) is 0 Å². The van der Waals surface area contributed by atoms with Gasteiger partial charge in [-0.15, -0.1) is 0 Å². The number of benzene rings is 1. The Labute approximate surface area is 156 Å². The quantitative estimate of drug-likeness (QED) is 0.836. The molecule has 1 spiro atoms. The maximum atomic E-state index is 13.9. The summed E-state index contributed by atoms with van der Waals surface area (Å²) in [5.74, 6) is 2.17. The fraction of sp³-hybridized carbons (Fsp3) is 0.591. The van der Waals surface area contributed by atoms with Crippen LogP contribution >= 0.6 is 0 Å². The molecule has 1 amide bonds. The molecule has 1 N–H and O–H groups in total. The van der Waals surface area contributed by atoms with Gasteiger partial charge < -0.3 is 10.2 Å². The molecule has 4 unspecified atom stereocenters. The molecule has 4 heteroatoms. The molecule has 26 heavy (non-hydrogen) atoms. The second-order valence-electron chi connectivity index (χ2n) is 8.99. The van der Waals surface area contributed by atoms with Crippen LogP contribution in [-0.2, 0) is 10.2 Å². The normalized spacial score (nSPS) is 37.6. The molecule has 5 rings (SSSR count). The molecular weight excluding hydrogens is 327 g/mol. The molecular formula is C22H29FN2O. The average Bonchev–Trinajstić information content (AvgIpc) is 3.34. The Bertz CT molecular complexity index is 782. The molecule has 5 atom stereocenters. The van der Waals surface area contributed by atoms with Crippen LogP contribution in [0.2, 0.25) is 0 Å². The number of likely N-dealkylation sites (tertiary alicyclic amines) is 1. The second kappa shape index (κ2) is 5.91. The van der Waals surface area contributed by atoms with Gasteiger partial charge in [-0.05, 0) is 73.2 Å². The van der Waals surface area contributed by atoms with Crippen molar-refractivity contribution in [3.05, 3.63) is 47.3 Å². The van der Waals surface area contributed by atoms with E-state index in [0.717, 1.165) is 49.2 Å². The van der Waals surface area contributed by atoms with Gasteiger partial charge in [0.05, 0.1) is 6.04 Å². The maximum absolute atomic E-state index is 13.9. The standard InChI is InChI=1S/C22H27FN2O.H2/c1-14(26)24-21-11-22(20-5-4-18(23)10-19(20)21)6-7-25(13-22)12-17-9-15-2-3-16(17)8-15;/h2-5,10,15-17,21H,6-9,11-13H2,1H3,(H,24,26);1H/t15?,16?,17?,21-,22?;/m0./s1. The van der Waals surface area contributed by atoms with Crippen molar-refractivity contribution < 1.29 is 10.6 Å². The number of fused-ring (bicyclic) bond motifs is 4. The number of hydrogen-bond donors (Lipinski definition) is 1. The topological polar surface area (TPSA) is 32.3 Å². The highest BCUT2D eigenvalue weighted by atomic mass is 19.1. The number of carbonyl (C=O) groups excluding carboxylic acids is 1. The van der Waals surface area contributed by atoms with Gasteiger partial charge in [0.25, 0.3) is 0 Å². The van der Waals surface area contributed by atoms with E-state index in [0.29, 0.717) is 0 Å². The zero-order valence-electron chi connectivity index (χ0n) is 15.4. The van der Waals surface area contributed by atoms with Crippen molar-refractivity contribution in [1.82, 2.24) is 10.2 Å². The van der Waals surface area contributed by atoms with E-state index < -0.39 is 0 Å². The minimum atomic E-state index is -0.209. The minimum absolute atomic E-state index is 0. The Morgan fingerprint density at radius 2 is 2.27 bits per heavy atom. The zero-order valence-corrected chi connectivity index (χ0v) is 15.4. The number of allylic oxidation sites excluding steroid dienone is 2. The predicted octanol–water partition coefficient (Wildman–Crippen LogP) is 3.81. The van der Waals surface area contributed by atoms with Gasteiger partial charge in [-0.2, -0.15) is 0 Å². The van der Waals surface area contributed by atoms with Crippen LogP contribution in [-0.4, -0.2) is 30.4 Å². The van der Waals surface area contributed by atoms with Crippen molar-refractivity contribution in [2.75, 3.05) is 19.6 Å². The summed E-state index contributed by atoms with van der Waals surface area (Å²) in [4.78, 5) is 14.3. The first-order chi connectivity index (χ1) is 12.5. The zero-order chi connectivity index (χ0) is 17.9. The average molecular weight is 356 g/mol. The summed E-state index contributed by atoms with van der Waals surface area (Å²) < 4.78 is 13.9. The van der Waals surface area contributed by atoms with Crippen molar-refractivity contribution >= 4 is 5.91 Å². The van der Waals surface area contributed by atoms with Gasteiger partial charge in [-0.3, -0.25) is 4.79 Å². The molecule has 1 aliphatic heterocycles. The highest BCUT2D eigenvalue weighted by molar-refractivity contribution is 5.74. The van der Waals surface area contributed by atoms with E-state index in [2.05, 4.69) is 22.4 Å². The van der Waals surface area contributed by atoms with Gasteiger partial charge in [0.1, 0.15) is 5.82 Å². The summed E-state index contributed by atoms with van der Waals surface area (Å²) in [6.07, 6.45) is 9.56. The van der Waals surface area contributed by atoms with Crippen LogP contribution in [0.15, 0.2) is 30.4 Å². The lowest BCUT2D eigenvalue weighted by atomic mass is 9.81. The SMILES string of the molecule is CC(=O)N[C@H]1CC2(CCN(CC3CC4C=CC3C4)C2)c2ccc(F)cc21.[HH]. The molecule has 2 fully saturated rings. The van der Waals surface area contributed by atoms with Crippen molar-refractivity contribution in [2.45, 2.75) is 44.1 Å². The molecule has 3 nitrogen and oxygen atoms in total. The number of nitrogens with one attached hydrogen (secondary N) is 1. The van der Waals surface area contributed by atoms with Gasteiger partial charge in [0.2, 0.25) is 5.91 Å². The van der Waals surface area contributed by atoms with Crippen LogP contribution < -0.4 is 5.32 Å². The van der Waals surface area contributed by atoms with Crippen molar-refractivity contribution in [1.29, 1.82) is 0 Å². The summed E-state index contributed by atoms with van der Waals surface area (Å²) in [5, 5.41) is 3.05. The number of hydrogen-bond acceptors (Lipinski definition) is 2. The summed E-state index contributed by atoms with van der Waals surface area (Å²) in [6, 6.07) is 5.13. The first-order valence-electron chi connectivity index (χ1n) is 10.0. The lowest BCUT2D eigenvalue weighted by Crippen LogP contribution is -2.34. The molecule has 1 saturated heterocycles. The van der Waals surface area contributed by atoms with Crippen LogP contribution in [0.25, 0.3) is 0 Å². The first kappa shape index (κ1) is 16.5. The molecule has 1 aromatic rings. The van der Waals surface area contributed by atoms with E-state index >= 15 is 0 Å². The molecule has 3 aliphatic carbocycles. The van der Waals surface area contributed by atoms with Crippen LogP contribution in [0.3, 0.4) is 0 Å². The summed E-state index contributed by atoms with van der Waals surface area (Å²) >= 11 is 0. The molecule has 0 radical (unpaired) electrons. The van der Waals surface area contributed by atoms with Gasteiger partial charge in [0.15, 0.2) is 0 Å². The Morgan fingerprint density at radius 1 is 1.38 bits per heavy atom. The van der Waals surface area contributed by atoms with E-state index in [4.69, 9.17) is 0 Å². The Kier molecular flexibility index (Phi) is 3.75. The summed E-state index contributed by atoms with van der Waals surface area (Å²) in [6.45, 7) is 4.89. The molecule has 0 aromatic heterocycles. The smallest absolute Gasteiger partial charge is 0.217 e. The van der Waals surface area contributed by atoms with Crippen LogP contribution in [0.5, 0.6) is 0 Å². The van der Waals surface area contributed by atoms with E-state index in [-0.39, 0.29) is 24.6 Å². The highest BCUT2D eigenvalue weighted by Crippen LogP contribution is 2.51. The molecule has 1 saturated carbocycles. The third-order valence-corrected chi connectivity index (χ3v) is 7.27. The van der Waals surface area contributed by atoms with Gasteiger partial charge >= 0.3 is 0 Å². The fourth-order valence-corrected chi connectivity index (χ4v) is 6.23.